The van der Waals surface area contributed by atoms with Gasteiger partial charge in [0.15, 0.2) is 0 Å². The summed E-state index contributed by atoms with van der Waals surface area (Å²) in [6, 6.07) is 12.4. The second kappa shape index (κ2) is 6.54. The molecular formula is C16H17FN2OS. The molecule has 0 fully saturated rings. The molecule has 3 nitrogen and oxygen atoms in total. The van der Waals surface area contributed by atoms with Gasteiger partial charge in [0.05, 0.1) is 7.11 Å². The average Bonchev–Trinajstić information content (AvgIpc) is 2.49. The molecule has 2 rings (SSSR count). The Kier molecular flexibility index (Phi) is 4.75. The highest BCUT2D eigenvalue weighted by atomic mass is 32.1. The summed E-state index contributed by atoms with van der Waals surface area (Å²) in [6.07, 6.45) is 0. The van der Waals surface area contributed by atoms with E-state index < -0.39 is 0 Å². The maximum atomic E-state index is 14.0. The highest BCUT2D eigenvalue weighted by molar-refractivity contribution is 7.80. The first kappa shape index (κ1) is 15.3. The van der Waals surface area contributed by atoms with Crippen LogP contribution in [0.5, 0.6) is 5.75 Å². The van der Waals surface area contributed by atoms with Gasteiger partial charge in [-0.15, -0.1) is 0 Å². The Labute approximate surface area is 129 Å². The number of nitrogens with zero attached hydrogens (tertiary/aromatic N) is 1. The topological polar surface area (TPSA) is 38.5 Å². The molecule has 110 valence electrons. The van der Waals surface area contributed by atoms with Gasteiger partial charge in [0, 0.05) is 36.5 Å². The lowest BCUT2D eigenvalue weighted by Crippen LogP contribution is -2.22. The van der Waals surface area contributed by atoms with E-state index in [1.54, 1.807) is 12.1 Å². The van der Waals surface area contributed by atoms with E-state index in [1.807, 2.05) is 36.2 Å². The molecule has 2 N–H and O–H groups in total. The molecule has 0 atom stereocenters. The van der Waals surface area contributed by atoms with Crippen molar-refractivity contribution < 1.29 is 9.13 Å². The highest BCUT2D eigenvalue weighted by Gasteiger charge is 2.12. The standard InChI is InChI=1S/C16H17FN2OS/c1-19(15-6-4-3-5-13(15)16(18)21)10-11-7-8-12(20-2)9-14(11)17/h3-9H,10H2,1-2H3,(H2,18,21). The molecule has 0 radical (unpaired) electrons. The van der Waals surface area contributed by atoms with Crippen molar-refractivity contribution in [3.63, 3.8) is 0 Å². The Hall–Kier alpha value is -2.14. The van der Waals surface area contributed by atoms with Crippen molar-refractivity contribution in [3.05, 3.63) is 59.4 Å². The summed E-state index contributed by atoms with van der Waals surface area (Å²) in [4.78, 5) is 2.24. The minimum absolute atomic E-state index is 0.297. The van der Waals surface area contributed by atoms with E-state index >= 15 is 0 Å². The predicted molar refractivity (Wildman–Crippen MR) is 87.4 cm³/mol. The lowest BCUT2D eigenvalue weighted by atomic mass is 10.1. The van der Waals surface area contributed by atoms with Gasteiger partial charge in [0.2, 0.25) is 0 Å². The number of benzene rings is 2. The third-order valence-corrected chi connectivity index (χ3v) is 3.47. The number of hydrogen-bond acceptors (Lipinski definition) is 3. The zero-order valence-corrected chi connectivity index (χ0v) is 12.8. The summed E-state index contributed by atoms with van der Waals surface area (Å²) in [7, 11) is 3.39. The normalized spacial score (nSPS) is 10.2. The number of ether oxygens (including phenoxy) is 1. The zero-order valence-electron chi connectivity index (χ0n) is 12.0. The van der Waals surface area contributed by atoms with E-state index in [0.29, 0.717) is 22.8 Å². The minimum atomic E-state index is -0.297. The van der Waals surface area contributed by atoms with Gasteiger partial charge in [-0.3, -0.25) is 0 Å². The van der Waals surface area contributed by atoms with Gasteiger partial charge in [-0.1, -0.05) is 30.4 Å². The van der Waals surface area contributed by atoms with E-state index in [4.69, 9.17) is 22.7 Å². The Balaban J connectivity index is 2.26. The van der Waals surface area contributed by atoms with Crippen LogP contribution in [0.3, 0.4) is 0 Å². The number of para-hydroxylation sites is 1. The first-order chi connectivity index (χ1) is 10.0. The van der Waals surface area contributed by atoms with Crippen LogP contribution in [0.1, 0.15) is 11.1 Å². The fourth-order valence-corrected chi connectivity index (χ4v) is 2.31. The van der Waals surface area contributed by atoms with Crippen molar-refractivity contribution in [2.75, 3.05) is 19.1 Å². The molecule has 0 amide bonds. The van der Waals surface area contributed by atoms with Gasteiger partial charge in [-0.05, 0) is 18.2 Å². The maximum Gasteiger partial charge on any atom is 0.131 e. The van der Waals surface area contributed by atoms with Crippen LogP contribution in [0.25, 0.3) is 0 Å². The first-order valence-corrected chi connectivity index (χ1v) is 6.86. The highest BCUT2D eigenvalue weighted by Crippen LogP contribution is 2.23. The Morgan fingerprint density at radius 1 is 1.29 bits per heavy atom. The van der Waals surface area contributed by atoms with Crippen LogP contribution in [0.2, 0.25) is 0 Å². The Bertz CT molecular complexity index is 660. The van der Waals surface area contributed by atoms with Gasteiger partial charge >= 0.3 is 0 Å². The molecule has 0 unspecified atom stereocenters. The van der Waals surface area contributed by atoms with Crippen LogP contribution in [-0.4, -0.2) is 19.1 Å². The van der Waals surface area contributed by atoms with E-state index in [0.717, 1.165) is 11.3 Å². The SMILES string of the molecule is COc1ccc(CN(C)c2ccccc2C(N)=S)c(F)c1. The monoisotopic (exact) mass is 304 g/mol. The van der Waals surface area contributed by atoms with Crippen molar-refractivity contribution in [3.8, 4) is 5.75 Å². The number of hydrogen-bond donors (Lipinski definition) is 1. The molecule has 0 aliphatic rings. The van der Waals surface area contributed by atoms with E-state index in [1.165, 1.54) is 13.2 Å². The smallest absolute Gasteiger partial charge is 0.131 e. The van der Waals surface area contributed by atoms with E-state index in [-0.39, 0.29) is 5.82 Å². The molecule has 0 heterocycles. The molecule has 2 aromatic rings. The average molecular weight is 304 g/mol. The summed E-state index contributed by atoms with van der Waals surface area (Å²) in [5.74, 6) is 0.205. The van der Waals surface area contributed by atoms with Crippen molar-refractivity contribution in [1.29, 1.82) is 0 Å². The zero-order chi connectivity index (χ0) is 15.4. The van der Waals surface area contributed by atoms with Gasteiger partial charge in [-0.25, -0.2) is 4.39 Å². The first-order valence-electron chi connectivity index (χ1n) is 6.45. The Morgan fingerprint density at radius 3 is 2.62 bits per heavy atom. The van der Waals surface area contributed by atoms with Crippen LogP contribution in [0, 0.1) is 5.82 Å². The second-order valence-electron chi connectivity index (χ2n) is 4.69. The van der Waals surface area contributed by atoms with Crippen molar-refractivity contribution in [1.82, 2.24) is 0 Å². The Morgan fingerprint density at radius 2 is 2.00 bits per heavy atom. The number of nitrogens with two attached hydrogens (primary N) is 1. The molecule has 0 saturated carbocycles. The number of methoxy groups -OCH3 is 1. The largest absolute Gasteiger partial charge is 0.497 e. The predicted octanol–water partition coefficient (Wildman–Crippen LogP) is 3.10. The molecule has 0 aliphatic carbocycles. The second-order valence-corrected chi connectivity index (χ2v) is 5.13. The fraction of sp³-hybridized carbons (Fsp3) is 0.188. The third kappa shape index (κ3) is 3.49. The van der Waals surface area contributed by atoms with Gasteiger partial charge < -0.3 is 15.4 Å². The number of thiocarbonyl (C=S) groups is 1. The van der Waals surface area contributed by atoms with Crippen LogP contribution in [-0.2, 0) is 6.54 Å². The lowest BCUT2D eigenvalue weighted by molar-refractivity contribution is 0.410. The molecule has 0 spiro atoms. The summed E-state index contributed by atoms with van der Waals surface area (Å²) in [5.41, 5.74) is 7.96. The molecule has 0 bridgehead atoms. The van der Waals surface area contributed by atoms with Crippen molar-refractivity contribution in [2.45, 2.75) is 6.54 Å². The molecule has 2 aromatic carbocycles. The molecule has 0 aliphatic heterocycles. The molecule has 0 aromatic heterocycles. The molecule has 21 heavy (non-hydrogen) atoms. The number of anilines is 1. The summed E-state index contributed by atoms with van der Waals surface area (Å²) in [5, 5.41) is 0. The van der Waals surface area contributed by atoms with E-state index in [2.05, 4.69) is 0 Å². The summed E-state index contributed by atoms with van der Waals surface area (Å²) in [6.45, 7) is 0.412. The molecule has 5 heteroatoms. The quantitative estimate of drug-likeness (QED) is 0.862. The van der Waals surface area contributed by atoms with Gasteiger partial charge in [0.1, 0.15) is 16.6 Å². The van der Waals surface area contributed by atoms with Crippen LogP contribution in [0.4, 0.5) is 10.1 Å². The van der Waals surface area contributed by atoms with Crippen molar-refractivity contribution in [2.24, 2.45) is 5.73 Å². The number of rotatable bonds is 5. The van der Waals surface area contributed by atoms with Gasteiger partial charge in [0.25, 0.3) is 0 Å². The van der Waals surface area contributed by atoms with Gasteiger partial charge in [-0.2, -0.15) is 0 Å². The minimum Gasteiger partial charge on any atom is -0.497 e. The van der Waals surface area contributed by atoms with Crippen molar-refractivity contribution >= 4 is 22.9 Å². The number of halogens is 1. The summed E-state index contributed by atoms with van der Waals surface area (Å²) < 4.78 is 19.0. The summed E-state index contributed by atoms with van der Waals surface area (Å²) >= 11 is 5.05. The molecule has 0 saturated heterocycles. The third-order valence-electron chi connectivity index (χ3n) is 3.25. The van der Waals surface area contributed by atoms with Crippen LogP contribution >= 0.6 is 12.2 Å². The molecular weight excluding hydrogens is 287 g/mol. The van der Waals surface area contributed by atoms with Crippen LogP contribution < -0.4 is 15.4 Å². The lowest BCUT2D eigenvalue weighted by Gasteiger charge is -2.22. The van der Waals surface area contributed by atoms with Crippen LogP contribution in [0.15, 0.2) is 42.5 Å². The van der Waals surface area contributed by atoms with E-state index in [9.17, 15) is 4.39 Å². The maximum absolute atomic E-state index is 14.0. The fourth-order valence-electron chi connectivity index (χ4n) is 2.14.